The van der Waals surface area contributed by atoms with Crippen LogP contribution in [0, 0.1) is 5.92 Å². The number of nitrogens with zero attached hydrogens (tertiary/aromatic N) is 1. The van der Waals surface area contributed by atoms with Crippen molar-refractivity contribution in [1.82, 2.24) is 10.3 Å². The SMILES string of the molecule is c1csc(-c2ncc(CNCC3CC3)s2)c1. The molecule has 16 heavy (non-hydrogen) atoms. The minimum absolute atomic E-state index is 0.949. The van der Waals surface area contributed by atoms with E-state index >= 15 is 0 Å². The predicted octanol–water partition coefficient (Wildman–Crippen LogP) is 3.37. The van der Waals surface area contributed by atoms with Gasteiger partial charge in [-0.3, -0.25) is 0 Å². The molecule has 0 saturated heterocycles. The van der Waals surface area contributed by atoms with E-state index in [2.05, 4.69) is 27.8 Å². The number of thiazole rings is 1. The van der Waals surface area contributed by atoms with E-state index in [0.29, 0.717) is 0 Å². The van der Waals surface area contributed by atoms with Gasteiger partial charge in [0.15, 0.2) is 0 Å². The number of hydrogen-bond donors (Lipinski definition) is 1. The molecule has 1 saturated carbocycles. The van der Waals surface area contributed by atoms with Gasteiger partial charge in [0.05, 0.1) is 4.88 Å². The van der Waals surface area contributed by atoms with Gasteiger partial charge in [0.25, 0.3) is 0 Å². The molecule has 2 heterocycles. The molecule has 0 atom stereocenters. The molecule has 0 aromatic carbocycles. The molecule has 2 nitrogen and oxygen atoms in total. The van der Waals surface area contributed by atoms with Crippen molar-refractivity contribution in [3.63, 3.8) is 0 Å². The van der Waals surface area contributed by atoms with Gasteiger partial charge in [0, 0.05) is 17.6 Å². The van der Waals surface area contributed by atoms with Crippen LogP contribution in [0.5, 0.6) is 0 Å². The Morgan fingerprint density at radius 2 is 2.38 bits per heavy atom. The Balaban J connectivity index is 1.59. The number of nitrogens with one attached hydrogen (secondary N) is 1. The van der Waals surface area contributed by atoms with Gasteiger partial charge < -0.3 is 5.32 Å². The topological polar surface area (TPSA) is 24.9 Å². The van der Waals surface area contributed by atoms with Crippen LogP contribution in [0.4, 0.5) is 0 Å². The normalized spacial score (nSPS) is 15.5. The lowest BCUT2D eigenvalue weighted by atomic mass is 10.4. The summed E-state index contributed by atoms with van der Waals surface area (Å²) in [4.78, 5) is 7.07. The highest BCUT2D eigenvalue weighted by molar-refractivity contribution is 7.20. The highest BCUT2D eigenvalue weighted by Gasteiger charge is 2.20. The average Bonchev–Trinajstić information content (AvgIpc) is 2.83. The smallest absolute Gasteiger partial charge is 0.133 e. The molecule has 0 unspecified atom stereocenters. The Hall–Kier alpha value is -0.710. The third kappa shape index (κ3) is 2.51. The third-order valence-electron chi connectivity index (χ3n) is 2.71. The molecule has 0 aliphatic heterocycles. The summed E-state index contributed by atoms with van der Waals surface area (Å²) in [6.07, 6.45) is 4.83. The van der Waals surface area contributed by atoms with Crippen molar-refractivity contribution in [3.8, 4) is 9.88 Å². The largest absolute Gasteiger partial charge is 0.312 e. The van der Waals surface area contributed by atoms with Crippen LogP contribution in [0.3, 0.4) is 0 Å². The molecule has 1 N–H and O–H groups in total. The number of rotatable bonds is 5. The Labute approximate surface area is 103 Å². The lowest BCUT2D eigenvalue weighted by Gasteiger charge is -1.98. The molecule has 4 heteroatoms. The molecule has 1 fully saturated rings. The Kier molecular flexibility index (Phi) is 3.04. The molecule has 3 rings (SSSR count). The van der Waals surface area contributed by atoms with E-state index in [1.807, 2.05) is 6.20 Å². The van der Waals surface area contributed by atoms with Crippen LogP contribution >= 0.6 is 22.7 Å². The average molecular weight is 250 g/mol. The maximum absolute atomic E-state index is 4.46. The summed E-state index contributed by atoms with van der Waals surface area (Å²) in [6, 6.07) is 4.21. The van der Waals surface area contributed by atoms with Gasteiger partial charge in [-0.05, 0) is 36.8 Å². The molecule has 2 aromatic heterocycles. The molecular formula is C12H14N2S2. The quantitative estimate of drug-likeness (QED) is 0.880. The molecular weight excluding hydrogens is 236 g/mol. The van der Waals surface area contributed by atoms with Gasteiger partial charge in [-0.15, -0.1) is 22.7 Å². The highest BCUT2D eigenvalue weighted by atomic mass is 32.1. The van der Waals surface area contributed by atoms with Crippen molar-refractivity contribution in [2.45, 2.75) is 19.4 Å². The van der Waals surface area contributed by atoms with Gasteiger partial charge in [-0.25, -0.2) is 4.98 Å². The summed E-state index contributed by atoms with van der Waals surface area (Å²) in [6.45, 7) is 2.14. The second-order valence-electron chi connectivity index (χ2n) is 4.18. The van der Waals surface area contributed by atoms with E-state index in [1.54, 1.807) is 22.7 Å². The molecule has 0 spiro atoms. The predicted molar refractivity (Wildman–Crippen MR) is 69.9 cm³/mol. The summed E-state index contributed by atoms with van der Waals surface area (Å²) in [5.74, 6) is 0.949. The first-order chi connectivity index (χ1) is 7.92. The summed E-state index contributed by atoms with van der Waals surface area (Å²) >= 11 is 3.56. The molecule has 0 amide bonds. The van der Waals surface area contributed by atoms with E-state index in [4.69, 9.17) is 0 Å². The Bertz CT molecular complexity index is 443. The van der Waals surface area contributed by atoms with Gasteiger partial charge in [-0.1, -0.05) is 6.07 Å². The first-order valence-corrected chi connectivity index (χ1v) is 7.31. The fourth-order valence-electron chi connectivity index (χ4n) is 1.62. The first kappa shape index (κ1) is 10.4. The number of aromatic nitrogens is 1. The van der Waals surface area contributed by atoms with Crippen molar-refractivity contribution in [2.24, 2.45) is 5.92 Å². The molecule has 1 aliphatic carbocycles. The summed E-state index contributed by atoms with van der Waals surface area (Å²) in [5.41, 5.74) is 0. The van der Waals surface area contributed by atoms with Crippen molar-refractivity contribution >= 4 is 22.7 Å². The van der Waals surface area contributed by atoms with Crippen LogP contribution < -0.4 is 5.32 Å². The van der Waals surface area contributed by atoms with Crippen molar-refractivity contribution in [1.29, 1.82) is 0 Å². The number of hydrogen-bond acceptors (Lipinski definition) is 4. The van der Waals surface area contributed by atoms with Crippen LogP contribution in [-0.4, -0.2) is 11.5 Å². The van der Waals surface area contributed by atoms with Crippen molar-refractivity contribution in [2.75, 3.05) is 6.54 Å². The van der Waals surface area contributed by atoms with Crippen LogP contribution in [0.2, 0.25) is 0 Å². The highest BCUT2D eigenvalue weighted by Crippen LogP contribution is 2.30. The Morgan fingerprint density at radius 3 is 3.12 bits per heavy atom. The van der Waals surface area contributed by atoms with E-state index in [-0.39, 0.29) is 0 Å². The van der Waals surface area contributed by atoms with Gasteiger partial charge in [0.1, 0.15) is 5.01 Å². The van der Waals surface area contributed by atoms with Gasteiger partial charge in [0.2, 0.25) is 0 Å². The minimum Gasteiger partial charge on any atom is -0.312 e. The molecule has 0 radical (unpaired) electrons. The first-order valence-electron chi connectivity index (χ1n) is 5.61. The van der Waals surface area contributed by atoms with Gasteiger partial charge in [-0.2, -0.15) is 0 Å². The zero-order valence-electron chi connectivity index (χ0n) is 8.98. The maximum Gasteiger partial charge on any atom is 0.133 e. The molecule has 84 valence electrons. The fraction of sp³-hybridized carbons (Fsp3) is 0.417. The zero-order chi connectivity index (χ0) is 10.8. The fourth-order valence-corrected chi connectivity index (χ4v) is 3.31. The van der Waals surface area contributed by atoms with Crippen molar-refractivity contribution in [3.05, 3.63) is 28.6 Å². The van der Waals surface area contributed by atoms with E-state index in [9.17, 15) is 0 Å². The summed E-state index contributed by atoms with van der Waals surface area (Å²) in [5, 5.41) is 6.75. The monoisotopic (exact) mass is 250 g/mol. The second kappa shape index (κ2) is 4.65. The van der Waals surface area contributed by atoms with Crippen LogP contribution in [0.1, 0.15) is 17.7 Å². The van der Waals surface area contributed by atoms with Crippen LogP contribution in [0.25, 0.3) is 9.88 Å². The van der Waals surface area contributed by atoms with Crippen LogP contribution in [-0.2, 0) is 6.54 Å². The minimum atomic E-state index is 0.949. The zero-order valence-corrected chi connectivity index (χ0v) is 10.6. The Morgan fingerprint density at radius 1 is 1.44 bits per heavy atom. The van der Waals surface area contributed by atoms with E-state index in [0.717, 1.165) is 17.5 Å². The number of thiophene rings is 1. The van der Waals surface area contributed by atoms with Crippen LogP contribution in [0.15, 0.2) is 23.7 Å². The summed E-state index contributed by atoms with van der Waals surface area (Å²) in [7, 11) is 0. The summed E-state index contributed by atoms with van der Waals surface area (Å²) < 4.78 is 0. The standard InChI is InChI=1S/C12H14N2S2/c1-2-11(15-5-1)12-14-8-10(16-12)7-13-6-9-3-4-9/h1-2,5,8-9,13H,3-4,6-7H2. The third-order valence-corrected chi connectivity index (χ3v) is 4.75. The lowest BCUT2D eigenvalue weighted by Crippen LogP contribution is -2.15. The molecule has 1 aliphatic rings. The molecule has 2 aromatic rings. The molecule has 0 bridgehead atoms. The van der Waals surface area contributed by atoms with E-state index in [1.165, 1.54) is 29.1 Å². The maximum atomic E-state index is 4.46. The second-order valence-corrected chi connectivity index (χ2v) is 6.25. The van der Waals surface area contributed by atoms with Crippen molar-refractivity contribution < 1.29 is 0 Å². The lowest BCUT2D eigenvalue weighted by molar-refractivity contribution is 0.643. The van der Waals surface area contributed by atoms with Gasteiger partial charge >= 0.3 is 0 Å². The van der Waals surface area contributed by atoms with E-state index < -0.39 is 0 Å².